The quantitative estimate of drug-likeness (QED) is 0.450. The number of nitrogens with zero attached hydrogens (tertiary/aromatic N) is 2. The number of anilines is 1. The number of nitriles is 1. The van der Waals surface area contributed by atoms with E-state index in [0.29, 0.717) is 13.0 Å². The Morgan fingerprint density at radius 2 is 2.28 bits per heavy atom. The smallest absolute Gasteiger partial charge is 0.303 e. The van der Waals surface area contributed by atoms with Gasteiger partial charge in [-0.2, -0.15) is 5.26 Å². The number of nitro benzene ring substituents is 1. The summed E-state index contributed by atoms with van der Waals surface area (Å²) in [6.07, 6.45) is 0.365. The summed E-state index contributed by atoms with van der Waals surface area (Å²) in [6.45, 7) is 0.318. The summed E-state index contributed by atoms with van der Waals surface area (Å²) in [5, 5.41) is 30.7. The first-order chi connectivity index (χ1) is 8.54. The number of benzene rings is 1. The SMILES string of the molecule is N#Cc1ccc(NCCCC(=O)O)c([N+](=O)[O-])c1. The maximum Gasteiger partial charge on any atom is 0.303 e. The molecule has 0 heterocycles. The fraction of sp³-hybridized carbons (Fsp3) is 0.273. The minimum atomic E-state index is -0.911. The standard InChI is InChI=1S/C11H11N3O4/c12-7-8-3-4-9(10(6-8)14(17)18)13-5-1-2-11(15)16/h3-4,6,13H,1-2,5H2,(H,15,16). The lowest BCUT2D eigenvalue weighted by molar-refractivity contribution is -0.384. The molecule has 0 atom stereocenters. The van der Waals surface area contributed by atoms with Crippen LogP contribution in [0.5, 0.6) is 0 Å². The second-order valence-corrected chi connectivity index (χ2v) is 3.52. The highest BCUT2D eigenvalue weighted by Gasteiger charge is 2.14. The van der Waals surface area contributed by atoms with Gasteiger partial charge < -0.3 is 10.4 Å². The monoisotopic (exact) mass is 249 g/mol. The van der Waals surface area contributed by atoms with Crippen LogP contribution in [0.4, 0.5) is 11.4 Å². The van der Waals surface area contributed by atoms with E-state index in [-0.39, 0.29) is 23.4 Å². The maximum absolute atomic E-state index is 10.8. The van der Waals surface area contributed by atoms with Gasteiger partial charge in [-0.3, -0.25) is 14.9 Å². The average molecular weight is 249 g/mol. The van der Waals surface area contributed by atoms with Gasteiger partial charge in [-0.05, 0) is 18.6 Å². The second-order valence-electron chi connectivity index (χ2n) is 3.52. The zero-order valence-electron chi connectivity index (χ0n) is 9.42. The molecule has 18 heavy (non-hydrogen) atoms. The van der Waals surface area contributed by atoms with Gasteiger partial charge in [-0.15, -0.1) is 0 Å². The first-order valence-corrected chi connectivity index (χ1v) is 5.19. The highest BCUT2D eigenvalue weighted by molar-refractivity contribution is 5.67. The topological polar surface area (TPSA) is 116 Å². The van der Waals surface area contributed by atoms with E-state index in [2.05, 4.69) is 5.32 Å². The van der Waals surface area contributed by atoms with Gasteiger partial charge in [0.2, 0.25) is 0 Å². The largest absolute Gasteiger partial charge is 0.481 e. The number of carboxylic acids is 1. The third-order valence-corrected chi connectivity index (χ3v) is 2.21. The van der Waals surface area contributed by atoms with Crippen LogP contribution < -0.4 is 5.32 Å². The van der Waals surface area contributed by atoms with Crippen molar-refractivity contribution in [2.45, 2.75) is 12.8 Å². The van der Waals surface area contributed by atoms with E-state index >= 15 is 0 Å². The minimum absolute atomic E-state index is 0.00290. The van der Waals surface area contributed by atoms with Crippen molar-refractivity contribution >= 4 is 17.3 Å². The van der Waals surface area contributed by atoms with Gasteiger partial charge in [0.05, 0.1) is 16.6 Å². The Morgan fingerprint density at radius 1 is 1.56 bits per heavy atom. The molecule has 0 aliphatic carbocycles. The molecular weight excluding hydrogens is 238 g/mol. The molecule has 1 rings (SSSR count). The summed E-state index contributed by atoms with van der Waals surface area (Å²) in [5.74, 6) is -0.911. The summed E-state index contributed by atoms with van der Waals surface area (Å²) in [6, 6.07) is 5.91. The second kappa shape index (κ2) is 6.20. The molecule has 7 nitrogen and oxygen atoms in total. The van der Waals surface area contributed by atoms with Crippen LogP contribution in [0.2, 0.25) is 0 Å². The molecule has 0 radical (unpaired) electrons. The van der Waals surface area contributed by atoms with Crippen LogP contribution >= 0.6 is 0 Å². The van der Waals surface area contributed by atoms with Crippen molar-refractivity contribution in [1.82, 2.24) is 0 Å². The molecule has 94 valence electrons. The Bertz CT molecular complexity index is 508. The molecule has 0 saturated heterocycles. The summed E-state index contributed by atoms with van der Waals surface area (Å²) >= 11 is 0. The van der Waals surface area contributed by atoms with Gasteiger partial charge in [-0.1, -0.05) is 0 Å². The predicted octanol–water partition coefficient (Wildman–Crippen LogP) is 1.74. The molecule has 0 unspecified atom stereocenters. The number of hydrogen-bond donors (Lipinski definition) is 2. The molecule has 0 bridgehead atoms. The molecule has 0 spiro atoms. The summed E-state index contributed by atoms with van der Waals surface area (Å²) in [5.41, 5.74) is 0.298. The number of carboxylic acid groups (broad SMARTS) is 1. The van der Waals surface area contributed by atoms with E-state index in [1.807, 2.05) is 6.07 Å². The summed E-state index contributed by atoms with van der Waals surface area (Å²) in [7, 11) is 0. The fourth-order valence-corrected chi connectivity index (χ4v) is 1.36. The molecule has 0 aromatic heterocycles. The molecule has 0 fully saturated rings. The normalized spacial score (nSPS) is 9.50. The van der Waals surface area contributed by atoms with E-state index in [1.54, 1.807) is 0 Å². The average Bonchev–Trinajstić information content (AvgIpc) is 2.34. The zero-order valence-corrected chi connectivity index (χ0v) is 9.42. The van der Waals surface area contributed by atoms with Gasteiger partial charge in [0.1, 0.15) is 5.69 Å². The molecule has 1 aromatic carbocycles. The lowest BCUT2D eigenvalue weighted by Crippen LogP contribution is -2.06. The lowest BCUT2D eigenvalue weighted by atomic mass is 10.2. The van der Waals surface area contributed by atoms with Gasteiger partial charge >= 0.3 is 5.97 Å². The third kappa shape index (κ3) is 3.75. The van der Waals surface area contributed by atoms with Gasteiger partial charge in [0.25, 0.3) is 5.69 Å². The number of aliphatic carboxylic acids is 1. The molecule has 7 heteroatoms. The van der Waals surface area contributed by atoms with Crippen LogP contribution in [-0.4, -0.2) is 22.5 Å². The Morgan fingerprint density at radius 3 is 2.83 bits per heavy atom. The van der Waals surface area contributed by atoms with Crippen LogP contribution in [0.1, 0.15) is 18.4 Å². The van der Waals surface area contributed by atoms with Crippen LogP contribution in [0.3, 0.4) is 0 Å². The van der Waals surface area contributed by atoms with E-state index in [9.17, 15) is 14.9 Å². The molecule has 0 saturated carbocycles. The first kappa shape index (κ1) is 13.4. The van der Waals surface area contributed by atoms with Crippen molar-refractivity contribution in [2.75, 3.05) is 11.9 Å². The highest BCUT2D eigenvalue weighted by Crippen LogP contribution is 2.25. The number of nitro groups is 1. The predicted molar refractivity (Wildman–Crippen MR) is 63.2 cm³/mol. The van der Waals surface area contributed by atoms with Crippen molar-refractivity contribution in [2.24, 2.45) is 0 Å². The molecule has 0 aliphatic rings. The van der Waals surface area contributed by atoms with Crippen molar-refractivity contribution in [1.29, 1.82) is 5.26 Å². The Balaban J connectivity index is 2.73. The molecular formula is C11H11N3O4. The maximum atomic E-state index is 10.8. The van der Waals surface area contributed by atoms with Crippen LogP contribution in [0, 0.1) is 21.4 Å². The minimum Gasteiger partial charge on any atom is -0.481 e. The molecule has 2 N–H and O–H groups in total. The Labute approximate surface area is 103 Å². The van der Waals surface area contributed by atoms with Crippen LogP contribution in [-0.2, 0) is 4.79 Å². The van der Waals surface area contributed by atoms with Gasteiger partial charge in [0.15, 0.2) is 0 Å². The van der Waals surface area contributed by atoms with Crippen molar-refractivity contribution < 1.29 is 14.8 Å². The van der Waals surface area contributed by atoms with Gasteiger partial charge in [0, 0.05) is 19.0 Å². The van der Waals surface area contributed by atoms with Crippen molar-refractivity contribution in [3.63, 3.8) is 0 Å². The number of rotatable bonds is 6. The Kier molecular flexibility index (Phi) is 4.63. The van der Waals surface area contributed by atoms with E-state index < -0.39 is 10.9 Å². The molecule has 1 aromatic rings. The van der Waals surface area contributed by atoms with Crippen LogP contribution in [0.15, 0.2) is 18.2 Å². The highest BCUT2D eigenvalue weighted by atomic mass is 16.6. The summed E-state index contributed by atoms with van der Waals surface area (Å²) in [4.78, 5) is 20.5. The number of carbonyl (C=O) groups is 1. The lowest BCUT2D eigenvalue weighted by Gasteiger charge is -2.06. The van der Waals surface area contributed by atoms with Crippen molar-refractivity contribution in [3.05, 3.63) is 33.9 Å². The van der Waals surface area contributed by atoms with E-state index in [1.165, 1.54) is 18.2 Å². The molecule has 0 amide bonds. The number of nitrogens with one attached hydrogen (secondary N) is 1. The number of hydrogen-bond acceptors (Lipinski definition) is 5. The van der Waals surface area contributed by atoms with Crippen molar-refractivity contribution in [3.8, 4) is 6.07 Å². The van der Waals surface area contributed by atoms with E-state index in [0.717, 1.165) is 0 Å². The van der Waals surface area contributed by atoms with Crippen LogP contribution in [0.25, 0.3) is 0 Å². The fourth-order valence-electron chi connectivity index (χ4n) is 1.36. The third-order valence-electron chi connectivity index (χ3n) is 2.21. The van der Waals surface area contributed by atoms with E-state index in [4.69, 9.17) is 10.4 Å². The summed E-state index contributed by atoms with van der Waals surface area (Å²) < 4.78 is 0. The van der Waals surface area contributed by atoms with Gasteiger partial charge in [-0.25, -0.2) is 0 Å². The zero-order chi connectivity index (χ0) is 13.5. The molecule has 0 aliphatic heterocycles. The Hall–Kier alpha value is -2.62. The first-order valence-electron chi connectivity index (χ1n) is 5.19.